The molecule has 0 aliphatic carbocycles. The molecule has 3 rings (SSSR count). The first kappa shape index (κ1) is 9.45. The summed E-state index contributed by atoms with van der Waals surface area (Å²) in [6.45, 7) is 2.08. The van der Waals surface area contributed by atoms with Crippen LogP contribution < -0.4 is 10.5 Å². The average Bonchev–Trinajstić information content (AvgIpc) is 2.72. The predicted octanol–water partition coefficient (Wildman–Crippen LogP) is 1.24. The van der Waals surface area contributed by atoms with E-state index in [-0.39, 0.29) is 5.56 Å². The zero-order chi connectivity index (χ0) is 11.0. The summed E-state index contributed by atoms with van der Waals surface area (Å²) >= 11 is 0. The molecular weight excluding hydrogens is 204 g/mol. The molecular formula is C11H14N4O. The molecule has 1 aliphatic heterocycles. The van der Waals surface area contributed by atoms with Crippen molar-refractivity contribution in [2.45, 2.75) is 19.3 Å². The first-order valence-corrected chi connectivity index (χ1v) is 5.66. The van der Waals surface area contributed by atoms with Crippen molar-refractivity contribution in [3.8, 4) is 0 Å². The molecule has 0 atom stereocenters. The fourth-order valence-electron chi connectivity index (χ4n) is 2.22. The Kier molecular flexibility index (Phi) is 2.16. The van der Waals surface area contributed by atoms with Gasteiger partial charge in [0.2, 0.25) is 0 Å². The number of anilines is 1. The van der Waals surface area contributed by atoms with Crippen LogP contribution in [0.15, 0.2) is 17.1 Å². The van der Waals surface area contributed by atoms with E-state index >= 15 is 0 Å². The minimum atomic E-state index is -0.0735. The molecule has 2 aromatic heterocycles. The maximum atomic E-state index is 11.5. The van der Waals surface area contributed by atoms with Gasteiger partial charge >= 0.3 is 0 Å². The predicted molar refractivity (Wildman–Crippen MR) is 62.8 cm³/mol. The lowest BCUT2D eigenvalue weighted by Crippen LogP contribution is -2.30. The number of aromatic nitrogens is 3. The molecule has 0 aromatic carbocycles. The van der Waals surface area contributed by atoms with Crippen molar-refractivity contribution in [1.82, 2.24) is 15.2 Å². The van der Waals surface area contributed by atoms with Crippen LogP contribution in [-0.2, 0) is 0 Å². The first-order chi connectivity index (χ1) is 7.84. The molecule has 1 aliphatic rings. The minimum absolute atomic E-state index is 0.0735. The van der Waals surface area contributed by atoms with E-state index in [1.807, 2.05) is 6.07 Å². The topological polar surface area (TPSA) is 64.8 Å². The summed E-state index contributed by atoms with van der Waals surface area (Å²) in [6, 6.07) is 1.87. The second-order valence-electron chi connectivity index (χ2n) is 4.21. The minimum Gasteiger partial charge on any atom is -0.357 e. The smallest absolute Gasteiger partial charge is 0.271 e. The third kappa shape index (κ3) is 1.48. The van der Waals surface area contributed by atoms with Gasteiger partial charge < -0.3 is 4.90 Å². The van der Waals surface area contributed by atoms with Crippen molar-refractivity contribution in [2.24, 2.45) is 0 Å². The van der Waals surface area contributed by atoms with Crippen LogP contribution in [0.5, 0.6) is 0 Å². The van der Waals surface area contributed by atoms with Crippen LogP contribution in [0, 0.1) is 0 Å². The summed E-state index contributed by atoms with van der Waals surface area (Å²) in [5, 5.41) is 6.06. The van der Waals surface area contributed by atoms with Gasteiger partial charge in [0, 0.05) is 13.1 Å². The first-order valence-electron chi connectivity index (χ1n) is 5.66. The molecule has 0 radical (unpaired) electrons. The van der Waals surface area contributed by atoms with Gasteiger partial charge in [0.1, 0.15) is 5.82 Å². The van der Waals surface area contributed by atoms with Crippen molar-refractivity contribution in [2.75, 3.05) is 18.0 Å². The second-order valence-corrected chi connectivity index (χ2v) is 4.21. The van der Waals surface area contributed by atoms with Gasteiger partial charge in [-0.2, -0.15) is 0 Å². The van der Waals surface area contributed by atoms with Gasteiger partial charge in [-0.3, -0.25) is 15.0 Å². The van der Waals surface area contributed by atoms with E-state index in [4.69, 9.17) is 0 Å². The molecule has 0 unspecified atom stereocenters. The van der Waals surface area contributed by atoms with Gasteiger partial charge in [-0.15, -0.1) is 0 Å². The van der Waals surface area contributed by atoms with Crippen molar-refractivity contribution in [3.05, 3.63) is 22.6 Å². The standard InChI is InChI=1S/C11H14N4O/c16-11-8-6-10(12-7-9(8)13-14-11)15-4-2-1-3-5-15/h6-7H,1-5H2,(H2,13,14,16). The molecule has 5 heteroatoms. The average molecular weight is 218 g/mol. The third-order valence-corrected chi connectivity index (χ3v) is 3.12. The molecule has 0 spiro atoms. The Balaban J connectivity index is 2.03. The van der Waals surface area contributed by atoms with E-state index in [9.17, 15) is 4.79 Å². The number of aromatic amines is 2. The zero-order valence-electron chi connectivity index (χ0n) is 8.99. The lowest BCUT2D eigenvalue weighted by molar-refractivity contribution is 0.574. The maximum absolute atomic E-state index is 11.5. The van der Waals surface area contributed by atoms with Crippen LogP contribution in [0.4, 0.5) is 5.82 Å². The van der Waals surface area contributed by atoms with Crippen molar-refractivity contribution >= 4 is 16.7 Å². The van der Waals surface area contributed by atoms with Gasteiger partial charge in [0.15, 0.2) is 0 Å². The lowest BCUT2D eigenvalue weighted by atomic mass is 10.1. The number of rotatable bonds is 1. The molecule has 84 valence electrons. The Hall–Kier alpha value is -1.78. The second kappa shape index (κ2) is 3.66. The number of piperidine rings is 1. The highest BCUT2D eigenvalue weighted by Gasteiger charge is 2.13. The van der Waals surface area contributed by atoms with Gasteiger partial charge in [-0.25, -0.2) is 4.98 Å². The quantitative estimate of drug-likeness (QED) is 0.757. The fourth-order valence-corrected chi connectivity index (χ4v) is 2.22. The molecule has 0 saturated carbocycles. The normalized spacial score (nSPS) is 16.9. The summed E-state index contributed by atoms with van der Waals surface area (Å²) in [6.07, 6.45) is 5.44. The van der Waals surface area contributed by atoms with Crippen LogP contribution in [0.3, 0.4) is 0 Å². The van der Waals surface area contributed by atoms with E-state index < -0.39 is 0 Å². The summed E-state index contributed by atoms with van der Waals surface area (Å²) in [5.41, 5.74) is 0.696. The highest BCUT2D eigenvalue weighted by Crippen LogP contribution is 2.19. The number of nitrogens with zero attached hydrogens (tertiary/aromatic N) is 2. The van der Waals surface area contributed by atoms with Crippen LogP contribution >= 0.6 is 0 Å². The highest BCUT2D eigenvalue weighted by molar-refractivity contribution is 5.79. The van der Waals surface area contributed by atoms with E-state index in [2.05, 4.69) is 20.1 Å². The summed E-state index contributed by atoms with van der Waals surface area (Å²) < 4.78 is 0. The molecule has 1 saturated heterocycles. The number of fused-ring (bicyclic) bond motifs is 1. The van der Waals surface area contributed by atoms with E-state index in [0.717, 1.165) is 24.4 Å². The molecule has 16 heavy (non-hydrogen) atoms. The largest absolute Gasteiger partial charge is 0.357 e. The molecule has 2 N–H and O–H groups in total. The van der Waals surface area contributed by atoms with Crippen LogP contribution in [-0.4, -0.2) is 28.3 Å². The number of H-pyrrole nitrogens is 2. The highest BCUT2D eigenvalue weighted by atomic mass is 16.1. The van der Waals surface area contributed by atoms with Crippen molar-refractivity contribution in [3.63, 3.8) is 0 Å². The van der Waals surface area contributed by atoms with Crippen LogP contribution in [0.1, 0.15) is 19.3 Å². The number of hydrogen-bond donors (Lipinski definition) is 2. The van der Waals surface area contributed by atoms with E-state index in [0.29, 0.717) is 5.39 Å². The fraction of sp³-hybridized carbons (Fsp3) is 0.455. The summed E-state index contributed by atoms with van der Waals surface area (Å²) in [5.74, 6) is 0.914. The molecule has 3 heterocycles. The molecule has 2 aromatic rings. The van der Waals surface area contributed by atoms with Gasteiger partial charge in [-0.05, 0) is 25.3 Å². The molecule has 0 bridgehead atoms. The zero-order valence-corrected chi connectivity index (χ0v) is 8.99. The Morgan fingerprint density at radius 1 is 1.19 bits per heavy atom. The SMILES string of the molecule is O=c1[nH][nH]c2cnc(N3CCCCC3)cc12. The lowest BCUT2D eigenvalue weighted by Gasteiger charge is -2.27. The van der Waals surface area contributed by atoms with E-state index in [1.54, 1.807) is 6.20 Å². The Morgan fingerprint density at radius 2 is 2.00 bits per heavy atom. The number of hydrogen-bond acceptors (Lipinski definition) is 3. The van der Waals surface area contributed by atoms with Crippen LogP contribution in [0.25, 0.3) is 10.9 Å². The summed E-state index contributed by atoms with van der Waals surface area (Å²) in [7, 11) is 0. The Labute approximate surface area is 92.5 Å². The van der Waals surface area contributed by atoms with Gasteiger partial charge in [0.05, 0.1) is 17.1 Å². The van der Waals surface area contributed by atoms with Crippen molar-refractivity contribution < 1.29 is 0 Å². The van der Waals surface area contributed by atoms with Crippen molar-refractivity contribution in [1.29, 1.82) is 0 Å². The van der Waals surface area contributed by atoms with Crippen LogP contribution in [0.2, 0.25) is 0 Å². The number of pyridine rings is 1. The third-order valence-electron chi connectivity index (χ3n) is 3.12. The Morgan fingerprint density at radius 3 is 2.81 bits per heavy atom. The number of nitrogens with one attached hydrogen (secondary N) is 2. The van der Waals surface area contributed by atoms with Gasteiger partial charge in [0.25, 0.3) is 5.56 Å². The molecule has 1 fully saturated rings. The van der Waals surface area contributed by atoms with E-state index in [1.165, 1.54) is 19.3 Å². The Bertz CT molecular complexity index is 550. The molecule has 5 nitrogen and oxygen atoms in total. The molecule has 0 amide bonds. The monoisotopic (exact) mass is 218 g/mol. The summed E-state index contributed by atoms with van der Waals surface area (Å²) in [4.78, 5) is 18.1. The van der Waals surface area contributed by atoms with Gasteiger partial charge in [-0.1, -0.05) is 0 Å². The maximum Gasteiger partial charge on any atom is 0.271 e.